The Bertz CT molecular complexity index is 933. The standard InChI is InChI=1S/C20H22N2O4/c1-5-22(2)20(23)14-7-8-15-17(12-14)26-19(21-15)11-13-6-9-16(24-3)18(10-13)25-4/h6-10,12H,5,11H2,1-4H3. The van der Waals surface area contributed by atoms with Gasteiger partial charge in [0.2, 0.25) is 0 Å². The highest BCUT2D eigenvalue weighted by molar-refractivity contribution is 5.96. The molecule has 6 nitrogen and oxygen atoms in total. The van der Waals surface area contributed by atoms with Crippen LogP contribution in [-0.2, 0) is 6.42 Å². The van der Waals surface area contributed by atoms with Crippen LogP contribution in [0.1, 0.15) is 28.7 Å². The molecule has 0 aliphatic heterocycles. The van der Waals surface area contributed by atoms with Crippen molar-refractivity contribution in [2.75, 3.05) is 27.8 Å². The first-order valence-corrected chi connectivity index (χ1v) is 8.41. The number of carbonyl (C=O) groups excluding carboxylic acids is 1. The fourth-order valence-corrected chi connectivity index (χ4v) is 2.71. The molecular weight excluding hydrogens is 332 g/mol. The van der Waals surface area contributed by atoms with E-state index in [1.165, 1.54) is 0 Å². The van der Waals surface area contributed by atoms with Crippen molar-refractivity contribution in [3.63, 3.8) is 0 Å². The van der Waals surface area contributed by atoms with Crippen LogP contribution in [0.5, 0.6) is 11.5 Å². The summed E-state index contributed by atoms with van der Waals surface area (Å²) in [5.74, 6) is 1.89. The maximum absolute atomic E-state index is 12.3. The molecule has 0 atom stereocenters. The molecule has 1 heterocycles. The first-order valence-electron chi connectivity index (χ1n) is 8.41. The van der Waals surface area contributed by atoms with Crippen LogP contribution >= 0.6 is 0 Å². The summed E-state index contributed by atoms with van der Waals surface area (Å²) in [5.41, 5.74) is 2.93. The lowest BCUT2D eigenvalue weighted by Crippen LogP contribution is -2.26. The van der Waals surface area contributed by atoms with Crippen molar-refractivity contribution < 1.29 is 18.7 Å². The van der Waals surface area contributed by atoms with E-state index in [-0.39, 0.29) is 5.91 Å². The molecule has 0 bridgehead atoms. The van der Waals surface area contributed by atoms with Crippen LogP contribution in [0.2, 0.25) is 0 Å². The van der Waals surface area contributed by atoms with Crippen LogP contribution in [0.25, 0.3) is 11.1 Å². The van der Waals surface area contributed by atoms with E-state index < -0.39 is 0 Å². The molecule has 0 N–H and O–H groups in total. The van der Waals surface area contributed by atoms with Gasteiger partial charge in [0, 0.05) is 25.6 Å². The number of oxazole rings is 1. The first-order chi connectivity index (χ1) is 12.5. The highest BCUT2D eigenvalue weighted by Crippen LogP contribution is 2.29. The van der Waals surface area contributed by atoms with Gasteiger partial charge in [-0.2, -0.15) is 0 Å². The molecule has 0 aliphatic carbocycles. The number of nitrogens with zero attached hydrogens (tertiary/aromatic N) is 2. The Balaban J connectivity index is 1.86. The molecule has 26 heavy (non-hydrogen) atoms. The predicted octanol–water partition coefficient (Wildman–Crippen LogP) is 3.53. The fraction of sp³-hybridized carbons (Fsp3) is 0.300. The molecule has 0 aliphatic rings. The van der Waals surface area contributed by atoms with Crippen LogP contribution < -0.4 is 9.47 Å². The van der Waals surface area contributed by atoms with E-state index in [9.17, 15) is 4.79 Å². The van der Waals surface area contributed by atoms with Gasteiger partial charge in [-0.15, -0.1) is 0 Å². The minimum Gasteiger partial charge on any atom is -0.493 e. The van der Waals surface area contributed by atoms with Gasteiger partial charge in [0.25, 0.3) is 5.91 Å². The van der Waals surface area contributed by atoms with Crippen molar-refractivity contribution in [2.45, 2.75) is 13.3 Å². The van der Waals surface area contributed by atoms with Crippen molar-refractivity contribution >= 4 is 17.0 Å². The zero-order chi connectivity index (χ0) is 18.7. The zero-order valence-corrected chi connectivity index (χ0v) is 15.4. The smallest absolute Gasteiger partial charge is 0.253 e. The van der Waals surface area contributed by atoms with Crippen molar-refractivity contribution in [2.24, 2.45) is 0 Å². The average molecular weight is 354 g/mol. The zero-order valence-electron chi connectivity index (χ0n) is 15.4. The van der Waals surface area contributed by atoms with Gasteiger partial charge in [-0.25, -0.2) is 4.98 Å². The van der Waals surface area contributed by atoms with Gasteiger partial charge in [-0.3, -0.25) is 4.79 Å². The lowest BCUT2D eigenvalue weighted by atomic mass is 10.1. The number of ether oxygens (including phenoxy) is 2. The topological polar surface area (TPSA) is 64.8 Å². The SMILES string of the molecule is CCN(C)C(=O)c1ccc2nc(Cc3ccc(OC)c(OC)c3)oc2c1. The average Bonchev–Trinajstić information content (AvgIpc) is 3.07. The maximum atomic E-state index is 12.3. The highest BCUT2D eigenvalue weighted by atomic mass is 16.5. The van der Waals surface area contributed by atoms with Crippen molar-refractivity contribution in [3.8, 4) is 11.5 Å². The first kappa shape index (κ1) is 17.8. The van der Waals surface area contributed by atoms with Crippen LogP contribution in [0.15, 0.2) is 40.8 Å². The van der Waals surface area contributed by atoms with Crippen LogP contribution in [-0.4, -0.2) is 43.6 Å². The Morgan fingerprint density at radius 3 is 2.58 bits per heavy atom. The van der Waals surface area contributed by atoms with Crippen LogP contribution in [0.3, 0.4) is 0 Å². The normalized spacial score (nSPS) is 10.8. The molecule has 3 aromatic rings. The Labute approximate surface area is 152 Å². The second kappa shape index (κ2) is 7.47. The summed E-state index contributed by atoms with van der Waals surface area (Å²) in [4.78, 5) is 18.4. The third-order valence-corrected chi connectivity index (χ3v) is 4.30. The molecule has 0 fully saturated rings. The monoisotopic (exact) mass is 354 g/mol. The van der Waals surface area contributed by atoms with Crippen LogP contribution in [0, 0.1) is 0 Å². The Kier molecular flexibility index (Phi) is 5.11. The quantitative estimate of drug-likeness (QED) is 0.677. The van der Waals surface area contributed by atoms with E-state index in [1.54, 1.807) is 38.3 Å². The number of methoxy groups -OCH3 is 2. The Morgan fingerprint density at radius 1 is 1.12 bits per heavy atom. The lowest BCUT2D eigenvalue weighted by Gasteiger charge is -2.13. The molecule has 2 aromatic carbocycles. The summed E-state index contributed by atoms with van der Waals surface area (Å²) < 4.78 is 16.4. The molecule has 6 heteroatoms. The van der Waals surface area contributed by atoms with E-state index in [0.717, 1.165) is 11.1 Å². The van der Waals surface area contributed by atoms with Crippen molar-refractivity contribution in [1.82, 2.24) is 9.88 Å². The number of hydrogen-bond acceptors (Lipinski definition) is 5. The second-order valence-corrected chi connectivity index (χ2v) is 5.98. The number of aromatic nitrogens is 1. The summed E-state index contributed by atoms with van der Waals surface area (Å²) in [6.07, 6.45) is 0.521. The van der Waals surface area contributed by atoms with E-state index in [2.05, 4.69) is 4.98 Å². The Hall–Kier alpha value is -3.02. The summed E-state index contributed by atoms with van der Waals surface area (Å²) in [6.45, 7) is 2.59. The number of fused-ring (bicyclic) bond motifs is 1. The number of benzene rings is 2. The van der Waals surface area contributed by atoms with Crippen molar-refractivity contribution in [3.05, 3.63) is 53.4 Å². The van der Waals surface area contributed by atoms with E-state index in [1.807, 2.05) is 31.2 Å². The van der Waals surface area contributed by atoms with E-state index >= 15 is 0 Å². The maximum Gasteiger partial charge on any atom is 0.253 e. The van der Waals surface area contributed by atoms with Gasteiger partial charge < -0.3 is 18.8 Å². The van der Waals surface area contributed by atoms with Crippen molar-refractivity contribution in [1.29, 1.82) is 0 Å². The van der Waals surface area contributed by atoms with Gasteiger partial charge >= 0.3 is 0 Å². The molecule has 0 saturated carbocycles. The van der Waals surface area contributed by atoms with Gasteiger partial charge in [0.05, 0.1) is 14.2 Å². The summed E-state index contributed by atoms with van der Waals surface area (Å²) in [5, 5.41) is 0. The minimum absolute atomic E-state index is 0.0350. The minimum atomic E-state index is -0.0350. The molecule has 1 amide bonds. The molecule has 0 radical (unpaired) electrons. The molecule has 1 aromatic heterocycles. The summed E-state index contributed by atoms with van der Waals surface area (Å²) in [6, 6.07) is 11.0. The fourth-order valence-electron chi connectivity index (χ4n) is 2.71. The van der Waals surface area contributed by atoms with Crippen LogP contribution in [0.4, 0.5) is 0 Å². The highest BCUT2D eigenvalue weighted by Gasteiger charge is 2.14. The summed E-state index contributed by atoms with van der Waals surface area (Å²) >= 11 is 0. The molecular formula is C20H22N2O4. The number of rotatable bonds is 6. The van der Waals surface area contributed by atoms with E-state index in [4.69, 9.17) is 13.9 Å². The second-order valence-electron chi connectivity index (χ2n) is 5.98. The Morgan fingerprint density at radius 2 is 1.88 bits per heavy atom. The molecule has 0 spiro atoms. The lowest BCUT2D eigenvalue weighted by molar-refractivity contribution is 0.0802. The predicted molar refractivity (Wildman–Crippen MR) is 99.0 cm³/mol. The van der Waals surface area contributed by atoms with Gasteiger partial charge in [0.15, 0.2) is 23.0 Å². The van der Waals surface area contributed by atoms with Gasteiger partial charge in [-0.05, 0) is 42.8 Å². The van der Waals surface area contributed by atoms with Gasteiger partial charge in [-0.1, -0.05) is 6.07 Å². The largest absolute Gasteiger partial charge is 0.493 e. The number of amides is 1. The summed E-state index contributed by atoms with van der Waals surface area (Å²) in [7, 11) is 4.98. The number of hydrogen-bond donors (Lipinski definition) is 0. The van der Waals surface area contributed by atoms with E-state index in [0.29, 0.717) is 41.5 Å². The number of carbonyl (C=O) groups is 1. The van der Waals surface area contributed by atoms with Gasteiger partial charge in [0.1, 0.15) is 5.52 Å². The third-order valence-electron chi connectivity index (χ3n) is 4.30. The molecule has 136 valence electrons. The molecule has 0 saturated heterocycles. The molecule has 3 rings (SSSR count). The molecule has 0 unspecified atom stereocenters. The third kappa shape index (κ3) is 3.49.